The fourth-order valence-electron chi connectivity index (χ4n) is 2.45. The quantitative estimate of drug-likeness (QED) is 0.528. The van der Waals surface area contributed by atoms with Crippen molar-refractivity contribution in [3.05, 3.63) is 63.2 Å². The Morgan fingerprint density at radius 3 is 2.79 bits per heavy atom. The zero-order chi connectivity index (χ0) is 17.3. The number of nitro benzene ring substituents is 1. The largest absolute Gasteiger partial charge is 0.508 e. The first-order valence-electron chi connectivity index (χ1n) is 7.03. The summed E-state index contributed by atoms with van der Waals surface area (Å²) in [4.78, 5) is 23.1. The highest BCUT2D eigenvalue weighted by atomic mass is 16.6. The maximum atomic E-state index is 12.6. The van der Waals surface area contributed by atoms with Gasteiger partial charge in [0.05, 0.1) is 23.2 Å². The zero-order valence-corrected chi connectivity index (χ0v) is 12.7. The number of ether oxygens (including phenoxy) is 2. The Kier molecular flexibility index (Phi) is 3.91. The molecule has 1 aliphatic heterocycles. The molecule has 0 spiro atoms. The van der Waals surface area contributed by atoms with E-state index in [9.17, 15) is 20.0 Å². The Morgan fingerprint density at radius 1 is 1.29 bits per heavy atom. The number of rotatable bonds is 3. The molecular formula is C17H13NO6. The van der Waals surface area contributed by atoms with Crippen LogP contribution in [0.15, 0.2) is 42.0 Å². The van der Waals surface area contributed by atoms with Crippen molar-refractivity contribution in [2.24, 2.45) is 0 Å². The molecule has 122 valence electrons. The predicted molar refractivity (Wildman–Crippen MR) is 85.6 cm³/mol. The Balaban J connectivity index is 2.05. The minimum Gasteiger partial charge on any atom is -0.508 e. The number of phenols is 1. The van der Waals surface area contributed by atoms with Crippen molar-refractivity contribution in [1.29, 1.82) is 0 Å². The van der Waals surface area contributed by atoms with Crippen molar-refractivity contribution in [2.45, 2.75) is 0 Å². The van der Waals surface area contributed by atoms with Crippen LogP contribution in [0.5, 0.6) is 17.2 Å². The van der Waals surface area contributed by atoms with Gasteiger partial charge in [-0.15, -0.1) is 0 Å². The van der Waals surface area contributed by atoms with E-state index in [0.29, 0.717) is 17.1 Å². The molecule has 2 aromatic carbocycles. The van der Waals surface area contributed by atoms with Crippen LogP contribution in [0.3, 0.4) is 0 Å². The van der Waals surface area contributed by atoms with Crippen LogP contribution in [0.2, 0.25) is 0 Å². The number of nitrogens with zero attached hydrogens (tertiary/aromatic N) is 1. The van der Waals surface area contributed by atoms with Gasteiger partial charge >= 0.3 is 0 Å². The normalized spacial score (nSPS) is 14.9. The predicted octanol–water partition coefficient (Wildman–Crippen LogP) is 2.97. The van der Waals surface area contributed by atoms with E-state index in [1.165, 1.54) is 31.4 Å². The van der Waals surface area contributed by atoms with Gasteiger partial charge in [0.25, 0.3) is 5.69 Å². The van der Waals surface area contributed by atoms with Gasteiger partial charge in [0.15, 0.2) is 5.78 Å². The number of nitro groups is 1. The summed E-state index contributed by atoms with van der Waals surface area (Å²) in [6, 6.07) is 8.52. The highest BCUT2D eigenvalue weighted by Crippen LogP contribution is 2.32. The zero-order valence-electron chi connectivity index (χ0n) is 12.7. The monoisotopic (exact) mass is 327 g/mol. The van der Waals surface area contributed by atoms with Crippen molar-refractivity contribution < 1.29 is 24.3 Å². The number of Topliss-reactive ketones (excluding diaryl/α,β-unsaturated/α-hetero) is 1. The molecule has 0 bridgehead atoms. The van der Waals surface area contributed by atoms with Gasteiger partial charge in [0.1, 0.15) is 23.9 Å². The summed E-state index contributed by atoms with van der Waals surface area (Å²) in [5.41, 5.74) is 0.516. The number of ketones is 1. The van der Waals surface area contributed by atoms with Crippen molar-refractivity contribution in [3.63, 3.8) is 0 Å². The molecule has 0 saturated heterocycles. The topological polar surface area (TPSA) is 98.9 Å². The minimum absolute atomic E-state index is 0.00896. The van der Waals surface area contributed by atoms with E-state index < -0.39 is 4.92 Å². The number of phenolic OH excluding ortho intramolecular Hbond substituents is 1. The number of carbonyl (C=O) groups is 1. The number of aromatic hydroxyl groups is 1. The van der Waals surface area contributed by atoms with Gasteiger partial charge in [-0.3, -0.25) is 14.9 Å². The summed E-state index contributed by atoms with van der Waals surface area (Å²) in [6.45, 7) is -0.00896. The molecule has 0 saturated carbocycles. The van der Waals surface area contributed by atoms with Gasteiger partial charge in [0, 0.05) is 11.6 Å². The van der Waals surface area contributed by atoms with Crippen LogP contribution >= 0.6 is 0 Å². The van der Waals surface area contributed by atoms with Gasteiger partial charge in [0.2, 0.25) is 0 Å². The van der Waals surface area contributed by atoms with Crippen LogP contribution in [0.4, 0.5) is 5.69 Å². The van der Waals surface area contributed by atoms with Gasteiger partial charge in [-0.05, 0) is 36.4 Å². The molecule has 0 radical (unpaired) electrons. The third-order valence-corrected chi connectivity index (χ3v) is 3.64. The molecule has 0 unspecified atom stereocenters. The highest BCUT2D eigenvalue weighted by Gasteiger charge is 2.25. The second-order valence-corrected chi connectivity index (χ2v) is 5.15. The molecule has 1 N–H and O–H groups in total. The molecule has 0 fully saturated rings. The molecule has 0 amide bonds. The molecule has 0 atom stereocenters. The first-order chi connectivity index (χ1) is 11.5. The fraction of sp³-hybridized carbons (Fsp3) is 0.118. The molecule has 24 heavy (non-hydrogen) atoms. The number of hydrogen-bond acceptors (Lipinski definition) is 6. The summed E-state index contributed by atoms with van der Waals surface area (Å²) in [5, 5.41) is 20.7. The van der Waals surface area contributed by atoms with E-state index in [2.05, 4.69) is 0 Å². The average Bonchev–Trinajstić information content (AvgIpc) is 2.57. The Hall–Kier alpha value is -3.35. The third-order valence-electron chi connectivity index (χ3n) is 3.64. The van der Waals surface area contributed by atoms with Crippen LogP contribution in [0.25, 0.3) is 6.08 Å². The van der Waals surface area contributed by atoms with Crippen LogP contribution in [-0.4, -0.2) is 29.5 Å². The molecule has 1 aliphatic rings. The number of hydrogen-bond donors (Lipinski definition) is 1. The van der Waals surface area contributed by atoms with Gasteiger partial charge < -0.3 is 14.6 Å². The van der Waals surface area contributed by atoms with Crippen molar-refractivity contribution in [1.82, 2.24) is 0 Å². The van der Waals surface area contributed by atoms with E-state index in [-0.39, 0.29) is 35.0 Å². The molecule has 7 nitrogen and oxygen atoms in total. The maximum Gasteiger partial charge on any atom is 0.276 e. The lowest BCUT2D eigenvalue weighted by Crippen LogP contribution is -2.19. The third kappa shape index (κ3) is 2.79. The lowest BCUT2D eigenvalue weighted by Gasteiger charge is -2.19. The van der Waals surface area contributed by atoms with Crippen LogP contribution < -0.4 is 9.47 Å². The smallest absolute Gasteiger partial charge is 0.276 e. The fourth-order valence-corrected chi connectivity index (χ4v) is 2.45. The summed E-state index contributed by atoms with van der Waals surface area (Å²) >= 11 is 0. The Morgan fingerprint density at radius 2 is 2.08 bits per heavy atom. The average molecular weight is 327 g/mol. The van der Waals surface area contributed by atoms with E-state index >= 15 is 0 Å². The van der Waals surface area contributed by atoms with Gasteiger partial charge in [-0.25, -0.2) is 0 Å². The standard InChI is InChI=1S/C17H13NO6/c1-23-13-3-5-16-14(8-13)17(20)11(9-24-16)6-10-7-12(19)2-4-15(10)18(21)22/h2-8,19H,9H2,1H3/b11-6-. The molecule has 0 aliphatic carbocycles. The van der Waals surface area contributed by atoms with E-state index in [4.69, 9.17) is 9.47 Å². The molecule has 0 aromatic heterocycles. The lowest BCUT2D eigenvalue weighted by atomic mass is 9.97. The second-order valence-electron chi connectivity index (χ2n) is 5.15. The van der Waals surface area contributed by atoms with Gasteiger partial charge in [-0.1, -0.05) is 0 Å². The van der Waals surface area contributed by atoms with Gasteiger partial charge in [-0.2, -0.15) is 0 Å². The van der Waals surface area contributed by atoms with E-state index in [1.54, 1.807) is 18.2 Å². The van der Waals surface area contributed by atoms with E-state index in [1.807, 2.05) is 0 Å². The number of methoxy groups -OCH3 is 1. The van der Waals surface area contributed by atoms with Crippen molar-refractivity contribution >= 4 is 17.5 Å². The minimum atomic E-state index is -0.572. The maximum absolute atomic E-state index is 12.6. The SMILES string of the molecule is COc1ccc2c(c1)C(=O)/C(=C\c1cc(O)ccc1[N+](=O)[O-])CO2. The summed E-state index contributed by atoms with van der Waals surface area (Å²) in [6.07, 6.45) is 1.36. The first kappa shape index (κ1) is 15.5. The summed E-state index contributed by atoms with van der Waals surface area (Å²) < 4.78 is 10.6. The van der Waals surface area contributed by atoms with Crippen molar-refractivity contribution in [3.8, 4) is 17.2 Å². The molecule has 7 heteroatoms. The van der Waals surface area contributed by atoms with E-state index in [0.717, 1.165) is 0 Å². The lowest BCUT2D eigenvalue weighted by molar-refractivity contribution is -0.385. The second kappa shape index (κ2) is 6.04. The summed E-state index contributed by atoms with van der Waals surface area (Å²) in [5.74, 6) is 0.519. The Bertz CT molecular complexity index is 871. The molecule has 3 rings (SSSR count). The number of fused-ring (bicyclic) bond motifs is 1. The van der Waals surface area contributed by atoms with Crippen molar-refractivity contribution in [2.75, 3.05) is 13.7 Å². The molecule has 1 heterocycles. The van der Waals surface area contributed by atoms with Crippen LogP contribution in [0.1, 0.15) is 15.9 Å². The number of benzene rings is 2. The molecular weight excluding hydrogens is 314 g/mol. The summed E-state index contributed by atoms with van der Waals surface area (Å²) in [7, 11) is 1.49. The van der Waals surface area contributed by atoms with Crippen LogP contribution in [-0.2, 0) is 0 Å². The highest BCUT2D eigenvalue weighted by molar-refractivity contribution is 6.14. The molecule has 2 aromatic rings. The Labute approximate surface area is 136 Å². The van der Waals surface area contributed by atoms with Crippen LogP contribution in [0, 0.1) is 10.1 Å². The number of carbonyl (C=O) groups excluding carboxylic acids is 1. The first-order valence-corrected chi connectivity index (χ1v) is 7.03.